The zero-order chi connectivity index (χ0) is 24.9. The summed E-state index contributed by atoms with van der Waals surface area (Å²) >= 11 is 0. The molecule has 3 amide bonds. The first kappa shape index (κ1) is 24.6. The highest BCUT2D eigenvalue weighted by Gasteiger charge is 2.33. The Bertz CT molecular complexity index is 1090. The van der Waals surface area contributed by atoms with E-state index in [2.05, 4.69) is 5.32 Å². The van der Waals surface area contributed by atoms with Crippen LogP contribution in [0.1, 0.15) is 27.1 Å². The van der Waals surface area contributed by atoms with Gasteiger partial charge in [-0.15, -0.1) is 0 Å². The SMILES string of the molecule is NC(=O)c1ccc(N[C@H](O)C[C@H]2OCCN(c3ccc(F)c(C(=O)N4CCOCC4)c3)C2=O)cc1. The number of anilines is 2. The maximum atomic E-state index is 14.5. The molecule has 0 spiro atoms. The van der Waals surface area contributed by atoms with Crippen LogP contribution in [-0.2, 0) is 14.3 Å². The molecule has 0 bridgehead atoms. The van der Waals surface area contributed by atoms with E-state index in [0.29, 0.717) is 43.2 Å². The monoisotopic (exact) mass is 486 g/mol. The molecule has 2 saturated heterocycles. The highest BCUT2D eigenvalue weighted by Crippen LogP contribution is 2.25. The van der Waals surface area contributed by atoms with E-state index in [1.165, 1.54) is 40.1 Å². The molecular formula is C24H27FN4O6. The molecule has 10 nitrogen and oxygen atoms in total. The summed E-state index contributed by atoms with van der Waals surface area (Å²) in [6.07, 6.45) is -2.11. The molecule has 2 aliphatic heterocycles. The zero-order valence-corrected chi connectivity index (χ0v) is 19.0. The first-order valence-corrected chi connectivity index (χ1v) is 11.3. The van der Waals surface area contributed by atoms with E-state index in [1.807, 2.05) is 0 Å². The van der Waals surface area contributed by atoms with Gasteiger partial charge in [-0.25, -0.2) is 4.39 Å². The van der Waals surface area contributed by atoms with Gasteiger partial charge in [-0.1, -0.05) is 0 Å². The molecule has 35 heavy (non-hydrogen) atoms. The van der Waals surface area contributed by atoms with E-state index in [-0.39, 0.29) is 25.1 Å². The van der Waals surface area contributed by atoms with Gasteiger partial charge in [-0.05, 0) is 42.5 Å². The quantitative estimate of drug-likeness (QED) is 0.496. The van der Waals surface area contributed by atoms with Crippen molar-refractivity contribution in [3.63, 3.8) is 0 Å². The second kappa shape index (κ2) is 10.8. The Kier molecular flexibility index (Phi) is 7.59. The van der Waals surface area contributed by atoms with Crippen LogP contribution < -0.4 is 16.0 Å². The number of morpholine rings is 2. The number of nitrogens with two attached hydrogens (primary N) is 1. The number of aliphatic hydroxyl groups excluding tert-OH is 1. The second-order valence-electron chi connectivity index (χ2n) is 8.26. The number of hydrogen-bond acceptors (Lipinski definition) is 7. The van der Waals surface area contributed by atoms with Gasteiger partial charge in [-0.3, -0.25) is 14.4 Å². The molecule has 0 unspecified atom stereocenters. The molecule has 0 aliphatic carbocycles. The van der Waals surface area contributed by atoms with E-state index in [4.69, 9.17) is 15.2 Å². The number of hydrogen-bond donors (Lipinski definition) is 3. The average molecular weight is 487 g/mol. The van der Waals surface area contributed by atoms with Crippen molar-refractivity contribution in [3.8, 4) is 0 Å². The van der Waals surface area contributed by atoms with Crippen LogP contribution in [0, 0.1) is 5.82 Å². The minimum Gasteiger partial charge on any atom is -0.378 e. The molecule has 11 heteroatoms. The van der Waals surface area contributed by atoms with Crippen molar-refractivity contribution in [1.29, 1.82) is 0 Å². The maximum absolute atomic E-state index is 14.5. The van der Waals surface area contributed by atoms with E-state index >= 15 is 0 Å². The molecule has 2 aromatic carbocycles. The number of carbonyl (C=O) groups excluding carboxylic acids is 3. The minimum atomic E-state index is -1.12. The highest BCUT2D eigenvalue weighted by atomic mass is 19.1. The van der Waals surface area contributed by atoms with Crippen molar-refractivity contribution in [2.24, 2.45) is 5.73 Å². The van der Waals surface area contributed by atoms with E-state index in [9.17, 15) is 23.9 Å². The fraction of sp³-hybridized carbons (Fsp3) is 0.375. The van der Waals surface area contributed by atoms with Gasteiger partial charge in [0.1, 0.15) is 18.1 Å². The summed E-state index contributed by atoms with van der Waals surface area (Å²) < 4.78 is 25.3. The predicted molar refractivity (Wildman–Crippen MR) is 124 cm³/mol. The third kappa shape index (κ3) is 5.76. The lowest BCUT2D eigenvalue weighted by atomic mass is 10.1. The number of nitrogens with one attached hydrogen (secondary N) is 1. The molecule has 0 saturated carbocycles. The molecule has 4 N–H and O–H groups in total. The standard InChI is InChI=1S/C24H27FN4O6/c25-19-6-5-17(13-18(19)23(32)28-7-10-34-11-8-28)29-9-12-35-20(24(29)33)14-21(30)27-16-3-1-15(2-4-16)22(26)31/h1-6,13,20-21,27,30H,7-12,14H2,(H2,26,31)/t20-,21-/m1/s1. The van der Waals surface area contributed by atoms with Gasteiger partial charge in [0.05, 0.1) is 25.4 Å². The van der Waals surface area contributed by atoms with Gasteiger partial charge in [0.2, 0.25) is 5.91 Å². The number of nitrogens with zero attached hydrogens (tertiary/aromatic N) is 2. The molecule has 0 aromatic heterocycles. The van der Waals surface area contributed by atoms with E-state index in [0.717, 1.165) is 0 Å². The van der Waals surface area contributed by atoms with Crippen molar-refractivity contribution in [2.45, 2.75) is 18.8 Å². The lowest BCUT2D eigenvalue weighted by Crippen LogP contribution is -2.49. The topological polar surface area (TPSA) is 134 Å². The normalized spacial score (nSPS) is 19.4. The van der Waals surface area contributed by atoms with Crippen LogP contribution in [0.2, 0.25) is 0 Å². The van der Waals surface area contributed by atoms with Gasteiger partial charge in [0.15, 0.2) is 0 Å². The molecule has 2 aliphatic rings. The van der Waals surface area contributed by atoms with Crippen molar-refractivity contribution in [1.82, 2.24) is 4.90 Å². The molecule has 2 atom stereocenters. The van der Waals surface area contributed by atoms with Crippen molar-refractivity contribution < 1.29 is 33.4 Å². The van der Waals surface area contributed by atoms with Crippen LogP contribution >= 0.6 is 0 Å². The molecule has 2 fully saturated rings. The minimum absolute atomic E-state index is 0.0480. The third-order valence-electron chi connectivity index (χ3n) is 5.91. The van der Waals surface area contributed by atoms with Crippen LogP contribution in [0.3, 0.4) is 0 Å². The molecule has 0 radical (unpaired) electrons. The Labute approximate surface area is 201 Å². The fourth-order valence-corrected chi connectivity index (χ4v) is 4.03. The van der Waals surface area contributed by atoms with Gasteiger partial charge in [0, 0.05) is 43.0 Å². The summed E-state index contributed by atoms with van der Waals surface area (Å²) in [7, 11) is 0. The summed E-state index contributed by atoms with van der Waals surface area (Å²) in [6, 6.07) is 10.2. The van der Waals surface area contributed by atoms with Crippen LogP contribution in [0.4, 0.5) is 15.8 Å². The fourth-order valence-electron chi connectivity index (χ4n) is 4.03. The Morgan fingerprint density at radius 3 is 2.51 bits per heavy atom. The molecule has 2 aromatic rings. The predicted octanol–water partition coefficient (Wildman–Crippen LogP) is 0.949. The zero-order valence-electron chi connectivity index (χ0n) is 19.0. The first-order valence-electron chi connectivity index (χ1n) is 11.3. The van der Waals surface area contributed by atoms with E-state index in [1.54, 1.807) is 12.1 Å². The second-order valence-corrected chi connectivity index (χ2v) is 8.26. The number of halogens is 1. The first-order chi connectivity index (χ1) is 16.8. The van der Waals surface area contributed by atoms with Gasteiger partial charge >= 0.3 is 0 Å². The number of primary amides is 1. The number of benzene rings is 2. The number of amides is 3. The average Bonchev–Trinajstić information content (AvgIpc) is 2.86. The largest absolute Gasteiger partial charge is 0.378 e. The summed E-state index contributed by atoms with van der Waals surface area (Å²) in [5.74, 6) is -2.08. The summed E-state index contributed by atoms with van der Waals surface area (Å²) in [5, 5.41) is 13.3. The highest BCUT2D eigenvalue weighted by molar-refractivity contribution is 6.00. The van der Waals surface area contributed by atoms with Crippen LogP contribution in [0.5, 0.6) is 0 Å². The summed E-state index contributed by atoms with van der Waals surface area (Å²) in [5.41, 5.74) is 6.36. The number of aliphatic hydroxyl groups is 1. The smallest absolute Gasteiger partial charge is 0.257 e. The molecule has 4 rings (SSSR count). The maximum Gasteiger partial charge on any atom is 0.257 e. The Morgan fingerprint density at radius 2 is 1.83 bits per heavy atom. The Morgan fingerprint density at radius 1 is 1.11 bits per heavy atom. The molecule has 2 heterocycles. The Hall–Kier alpha value is -3.54. The van der Waals surface area contributed by atoms with Gasteiger partial charge in [0.25, 0.3) is 11.8 Å². The van der Waals surface area contributed by atoms with Crippen molar-refractivity contribution in [3.05, 3.63) is 59.4 Å². The van der Waals surface area contributed by atoms with Crippen LogP contribution in [-0.4, -0.2) is 79.5 Å². The lowest BCUT2D eigenvalue weighted by molar-refractivity contribution is -0.135. The van der Waals surface area contributed by atoms with Crippen molar-refractivity contribution in [2.75, 3.05) is 49.7 Å². The van der Waals surface area contributed by atoms with Crippen molar-refractivity contribution >= 4 is 29.1 Å². The van der Waals surface area contributed by atoms with E-state index < -0.39 is 35.9 Å². The molecule has 186 valence electrons. The number of carbonyl (C=O) groups is 3. The number of rotatable bonds is 7. The van der Waals surface area contributed by atoms with Crippen LogP contribution in [0.25, 0.3) is 0 Å². The van der Waals surface area contributed by atoms with Crippen LogP contribution in [0.15, 0.2) is 42.5 Å². The summed E-state index contributed by atoms with van der Waals surface area (Å²) in [6.45, 7) is 1.96. The number of ether oxygens (including phenoxy) is 2. The third-order valence-corrected chi connectivity index (χ3v) is 5.91. The van der Waals surface area contributed by atoms with Gasteiger partial charge in [-0.2, -0.15) is 0 Å². The molecular weight excluding hydrogens is 459 g/mol. The summed E-state index contributed by atoms with van der Waals surface area (Å²) in [4.78, 5) is 40.1. The Balaban J connectivity index is 1.42. The lowest BCUT2D eigenvalue weighted by Gasteiger charge is -2.34. The van der Waals surface area contributed by atoms with Gasteiger partial charge < -0.3 is 35.4 Å².